The summed E-state index contributed by atoms with van der Waals surface area (Å²) in [6.45, 7) is 4.37. The number of nitrogens with zero attached hydrogens (tertiary/aromatic N) is 1. The summed E-state index contributed by atoms with van der Waals surface area (Å²) in [6.07, 6.45) is 0. The smallest absolute Gasteiger partial charge is 0.213 e. The fraction of sp³-hybridized carbons (Fsp3) is 0.389. The largest absolute Gasteiger partial charge is 0.493 e. The van der Waals surface area contributed by atoms with E-state index in [0.29, 0.717) is 30.4 Å². The van der Waals surface area contributed by atoms with Crippen molar-refractivity contribution in [2.75, 3.05) is 19.8 Å². The summed E-state index contributed by atoms with van der Waals surface area (Å²) in [4.78, 5) is 4.40. The van der Waals surface area contributed by atoms with Crippen molar-refractivity contribution < 1.29 is 9.47 Å². The van der Waals surface area contributed by atoms with Gasteiger partial charge in [0.1, 0.15) is 5.75 Å². The highest BCUT2D eigenvalue weighted by molar-refractivity contribution is 5.39. The lowest BCUT2D eigenvalue weighted by molar-refractivity contribution is 0.139. The van der Waals surface area contributed by atoms with E-state index in [2.05, 4.69) is 22.4 Å². The van der Waals surface area contributed by atoms with Crippen molar-refractivity contribution in [3.63, 3.8) is 0 Å². The molecule has 1 aromatic heterocycles. The van der Waals surface area contributed by atoms with Crippen LogP contribution in [0.2, 0.25) is 0 Å². The van der Waals surface area contributed by atoms with Gasteiger partial charge in [0.05, 0.1) is 13.2 Å². The molecule has 0 amide bonds. The molecule has 0 saturated carbocycles. The number of fused-ring (bicyclic) bond motifs is 3. The lowest BCUT2D eigenvalue weighted by Gasteiger charge is -2.30. The quantitative estimate of drug-likeness (QED) is 0.946. The third kappa shape index (κ3) is 2.44. The van der Waals surface area contributed by atoms with Crippen LogP contribution in [0.3, 0.4) is 0 Å². The number of benzene rings is 1. The number of ether oxygens (including phenoxy) is 2. The number of hydrogen-bond acceptors (Lipinski definition) is 4. The molecule has 22 heavy (non-hydrogen) atoms. The Morgan fingerprint density at radius 1 is 1.23 bits per heavy atom. The maximum absolute atomic E-state index is 5.93. The molecule has 0 unspecified atom stereocenters. The number of aryl methyl sites for hydroxylation is 1. The molecule has 4 heteroatoms. The minimum Gasteiger partial charge on any atom is -0.493 e. The summed E-state index contributed by atoms with van der Waals surface area (Å²) in [5.41, 5.74) is 2.25. The molecular weight excluding hydrogens is 276 g/mol. The van der Waals surface area contributed by atoms with Gasteiger partial charge < -0.3 is 14.8 Å². The molecule has 0 aliphatic carbocycles. The van der Waals surface area contributed by atoms with E-state index in [1.807, 2.05) is 37.3 Å². The highest BCUT2D eigenvalue weighted by Crippen LogP contribution is 2.41. The topological polar surface area (TPSA) is 43.4 Å². The zero-order valence-electron chi connectivity index (χ0n) is 12.7. The first-order chi connectivity index (χ1) is 10.8. The van der Waals surface area contributed by atoms with Gasteiger partial charge in [-0.05, 0) is 19.1 Å². The monoisotopic (exact) mass is 296 g/mol. The van der Waals surface area contributed by atoms with Gasteiger partial charge in [0.2, 0.25) is 5.88 Å². The third-order valence-electron chi connectivity index (χ3n) is 4.63. The molecular formula is C18H20N2O2. The molecule has 3 atom stereocenters. The average Bonchev–Trinajstić information content (AvgIpc) is 2.96. The van der Waals surface area contributed by atoms with Crippen LogP contribution in [-0.4, -0.2) is 24.7 Å². The van der Waals surface area contributed by atoms with E-state index in [9.17, 15) is 0 Å². The maximum Gasteiger partial charge on any atom is 0.213 e. The summed E-state index contributed by atoms with van der Waals surface area (Å²) >= 11 is 0. The van der Waals surface area contributed by atoms with Crippen LogP contribution in [0, 0.1) is 18.8 Å². The Labute approximate surface area is 130 Å². The lowest BCUT2D eigenvalue weighted by Crippen LogP contribution is -2.31. The Morgan fingerprint density at radius 3 is 3.05 bits per heavy atom. The Morgan fingerprint density at radius 2 is 2.14 bits per heavy atom. The second-order valence-electron chi connectivity index (χ2n) is 6.09. The van der Waals surface area contributed by atoms with Crippen molar-refractivity contribution in [2.45, 2.75) is 13.0 Å². The van der Waals surface area contributed by atoms with E-state index in [1.165, 1.54) is 5.56 Å². The Balaban J connectivity index is 1.45. The van der Waals surface area contributed by atoms with Crippen molar-refractivity contribution in [3.05, 3.63) is 53.7 Å². The third-order valence-corrected chi connectivity index (χ3v) is 4.63. The number of aromatic nitrogens is 1. The molecule has 114 valence electrons. The van der Waals surface area contributed by atoms with Crippen LogP contribution in [0.1, 0.15) is 17.3 Å². The molecule has 2 aliphatic heterocycles. The Kier molecular flexibility index (Phi) is 3.47. The number of para-hydroxylation sites is 1. The van der Waals surface area contributed by atoms with Gasteiger partial charge in [-0.25, -0.2) is 4.98 Å². The van der Waals surface area contributed by atoms with E-state index >= 15 is 0 Å². The summed E-state index contributed by atoms with van der Waals surface area (Å²) < 4.78 is 11.8. The van der Waals surface area contributed by atoms with Gasteiger partial charge in [0, 0.05) is 41.7 Å². The number of rotatable bonds is 3. The summed E-state index contributed by atoms with van der Waals surface area (Å²) in [7, 11) is 0. The standard InChI is InChI=1S/C18H20N2O2/c1-12-5-4-8-17(20-12)22-10-13-9-19-18-14-6-2-3-7-16(14)21-11-15(13)18/h2-8,13,15,18-19H,9-11H2,1H3/t13-,15-,18-/m0/s1. The van der Waals surface area contributed by atoms with E-state index in [1.54, 1.807) is 0 Å². The predicted octanol–water partition coefficient (Wildman–Crippen LogP) is 2.74. The molecule has 2 aromatic rings. The molecule has 4 nitrogen and oxygen atoms in total. The van der Waals surface area contributed by atoms with Crippen LogP contribution < -0.4 is 14.8 Å². The van der Waals surface area contributed by atoms with E-state index in [4.69, 9.17) is 9.47 Å². The normalized spacial score (nSPS) is 26.0. The number of pyridine rings is 1. The summed E-state index contributed by atoms with van der Waals surface area (Å²) in [5.74, 6) is 2.62. The van der Waals surface area contributed by atoms with Gasteiger partial charge in [0.25, 0.3) is 0 Å². The zero-order valence-corrected chi connectivity index (χ0v) is 12.7. The van der Waals surface area contributed by atoms with E-state index in [-0.39, 0.29) is 0 Å². The molecule has 1 aromatic carbocycles. The van der Waals surface area contributed by atoms with Gasteiger partial charge in [-0.3, -0.25) is 0 Å². The van der Waals surface area contributed by atoms with Gasteiger partial charge in [0.15, 0.2) is 0 Å². The van der Waals surface area contributed by atoms with Crippen LogP contribution in [-0.2, 0) is 0 Å². The average molecular weight is 296 g/mol. The molecule has 4 rings (SSSR count). The van der Waals surface area contributed by atoms with Crippen LogP contribution in [0.4, 0.5) is 0 Å². The van der Waals surface area contributed by atoms with Gasteiger partial charge in [-0.15, -0.1) is 0 Å². The van der Waals surface area contributed by atoms with Crippen molar-refractivity contribution >= 4 is 0 Å². The first-order valence-corrected chi connectivity index (χ1v) is 7.83. The molecule has 0 radical (unpaired) electrons. The molecule has 1 fully saturated rings. The molecule has 2 aliphatic rings. The number of hydrogen-bond donors (Lipinski definition) is 1. The van der Waals surface area contributed by atoms with Crippen LogP contribution >= 0.6 is 0 Å². The number of nitrogens with one attached hydrogen (secondary N) is 1. The van der Waals surface area contributed by atoms with Crippen molar-refractivity contribution in [1.82, 2.24) is 10.3 Å². The highest BCUT2D eigenvalue weighted by Gasteiger charge is 2.41. The summed E-state index contributed by atoms with van der Waals surface area (Å²) in [6, 6.07) is 14.6. The zero-order chi connectivity index (χ0) is 14.9. The van der Waals surface area contributed by atoms with Crippen LogP contribution in [0.25, 0.3) is 0 Å². The molecule has 0 spiro atoms. The fourth-order valence-electron chi connectivity index (χ4n) is 3.45. The minimum absolute atomic E-state index is 0.379. The molecule has 1 N–H and O–H groups in total. The first-order valence-electron chi connectivity index (χ1n) is 7.83. The van der Waals surface area contributed by atoms with Crippen LogP contribution in [0.5, 0.6) is 11.6 Å². The first kappa shape index (κ1) is 13.6. The van der Waals surface area contributed by atoms with E-state index in [0.717, 1.165) is 24.6 Å². The van der Waals surface area contributed by atoms with E-state index < -0.39 is 0 Å². The SMILES string of the molecule is Cc1cccc(OC[C@@H]2CN[C@H]3c4ccccc4OC[C@@H]23)n1. The second-order valence-corrected chi connectivity index (χ2v) is 6.09. The van der Waals surface area contributed by atoms with Gasteiger partial charge in [-0.1, -0.05) is 24.3 Å². The van der Waals surface area contributed by atoms with Gasteiger partial charge >= 0.3 is 0 Å². The Bertz CT molecular complexity index is 674. The Hall–Kier alpha value is -2.07. The maximum atomic E-state index is 5.93. The lowest BCUT2D eigenvalue weighted by atomic mass is 9.86. The van der Waals surface area contributed by atoms with Crippen molar-refractivity contribution in [2.24, 2.45) is 11.8 Å². The summed E-state index contributed by atoms with van der Waals surface area (Å²) in [5, 5.41) is 3.63. The second kappa shape index (κ2) is 5.61. The minimum atomic E-state index is 0.379. The molecule has 3 heterocycles. The van der Waals surface area contributed by atoms with Gasteiger partial charge in [-0.2, -0.15) is 0 Å². The molecule has 0 bridgehead atoms. The van der Waals surface area contributed by atoms with Crippen LogP contribution in [0.15, 0.2) is 42.5 Å². The predicted molar refractivity (Wildman–Crippen MR) is 84.1 cm³/mol. The van der Waals surface area contributed by atoms with Crippen molar-refractivity contribution in [3.8, 4) is 11.6 Å². The fourth-order valence-corrected chi connectivity index (χ4v) is 3.45. The molecule has 1 saturated heterocycles. The van der Waals surface area contributed by atoms with Crippen molar-refractivity contribution in [1.29, 1.82) is 0 Å². The highest BCUT2D eigenvalue weighted by atomic mass is 16.5.